The molecule has 0 aliphatic carbocycles. The predicted octanol–water partition coefficient (Wildman–Crippen LogP) is 1.58. The van der Waals surface area contributed by atoms with Crippen molar-refractivity contribution < 1.29 is 35.4 Å². The Hall–Kier alpha value is -3.09. The van der Waals surface area contributed by atoms with Gasteiger partial charge in [-0.3, -0.25) is 0 Å². The minimum Gasteiger partial charge on any atom is -0.504 e. The van der Waals surface area contributed by atoms with Gasteiger partial charge in [0.25, 0.3) is 0 Å². The second-order valence-electron chi connectivity index (χ2n) is 3.99. The fourth-order valence-corrected chi connectivity index (χ4v) is 1.82. The molecular formula is C13H10O7. The monoisotopic (exact) mass is 278 g/mol. The van der Waals surface area contributed by atoms with E-state index in [0.717, 1.165) is 12.1 Å². The van der Waals surface area contributed by atoms with Crippen LogP contribution in [0.25, 0.3) is 11.1 Å². The number of rotatable bonds is 2. The van der Waals surface area contributed by atoms with Gasteiger partial charge in [0.05, 0.1) is 5.56 Å². The van der Waals surface area contributed by atoms with Crippen LogP contribution >= 0.6 is 0 Å². The van der Waals surface area contributed by atoms with Crippen LogP contribution in [0.1, 0.15) is 10.4 Å². The Morgan fingerprint density at radius 3 is 2.10 bits per heavy atom. The third-order valence-electron chi connectivity index (χ3n) is 2.77. The molecule has 0 saturated carbocycles. The van der Waals surface area contributed by atoms with Crippen LogP contribution in [0.15, 0.2) is 24.3 Å². The quantitative estimate of drug-likeness (QED) is 0.458. The summed E-state index contributed by atoms with van der Waals surface area (Å²) in [6, 6.07) is 4.46. The normalized spacial score (nSPS) is 10.4. The van der Waals surface area contributed by atoms with Gasteiger partial charge in [0.1, 0.15) is 0 Å². The lowest BCUT2D eigenvalue weighted by Crippen LogP contribution is -2.00. The van der Waals surface area contributed by atoms with E-state index < -0.39 is 45.8 Å². The maximum Gasteiger partial charge on any atom is 0.336 e. The van der Waals surface area contributed by atoms with Crippen molar-refractivity contribution in [1.82, 2.24) is 0 Å². The molecule has 6 N–H and O–H groups in total. The van der Waals surface area contributed by atoms with Crippen LogP contribution in [-0.2, 0) is 0 Å². The van der Waals surface area contributed by atoms with E-state index in [0.29, 0.717) is 0 Å². The number of phenolic OH excluding ortho intramolecular Hbond substituents is 5. The third-order valence-corrected chi connectivity index (χ3v) is 2.77. The number of hydrogen-bond acceptors (Lipinski definition) is 6. The van der Waals surface area contributed by atoms with Gasteiger partial charge in [-0.1, -0.05) is 12.1 Å². The molecule has 0 aromatic heterocycles. The molecule has 0 fully saturated rings. The molecule has 0 bridgehead atoms. The van der Waals surface area contributed by atoms with Crippen LogP contribution in [0.2, 0.25) is 0 Å². The van der Waals surface area contributed by atoms with Crippen LogP contribution in [0.5, 0.6) is 28.7 Å². The van der Waals surface area contributed by atoms with Gasteiger partial charge in [-0.15, -0.1) is 0 Å². The molecule has 104 valence electrons. The standard InChI is InChI=1S/C13H10O7/c14-7-3-1-2-5(10(7)16)9-6(13(19)20)4-8(15)11(17)12(9)18/h1-4,14-18H,(H,19,20). The summed E-state index contributed by atoms with van der Waals surface area (Å²) in [5.74, 6) is -5.33. The van der Waals surface area contributed by atoms with Gasteiger partial charge in [-0.25, -0.2) is 4.79 Å². The van der Waals surface area contributed by atoms with E-state index in [4.69, 9.17) is 5.11 Å². The van der Waals surface area contributed by atoms with Gasteiger partial charge >= 0.3 is 5.97 Å². The van der Waals surface area contributed by atoms with Gasteiger partial charge in [0.15, 0.2) is 23.0 Å². The van der Waals surface area contributed by atoms with Crippen molar-refractivity contribution in [3.63, 3.8) is 0 Å². The van der Waals surface area contributed by atoms with Crippen molar-refractivity contribution in [3.05, 3.63) is 29.8 Å². The molecule has 0 aliphatic rings. The predicted molar refractivity (Wildman–Crippen MR) is 67.2 cm³/mol. The van der Waals surface area contributed by atoms with E-state index in [2.05, 4.69) is 0 Å². The van der Waals surface area contributed by atoms with E-state index in [1.165, 1.54) is 12.1 Å². The van der Waals surface area contributed by atoms with E-state index in [-0.39, 0.29) is 5.56 Å². The number of carboxylic acid groups (broad SMARTS) is 1. The third kappa shape index (κ3) is 1.91. The Morgan fingerprint density at radius 1 is 0.850 bits per heavy atom. The first-order valence-corrected chi connectivity index (χ1v) is 5.37. The minimum absolute atomic E-state index is 0.199. The molecule has 0 unspecified atom stereocenters. The summed E-state index contributed by atoms with van der Waals surface area (Å²) in [6.45, 7) is 0. The maximum absolute atomic E-state index is 11.2. The fraction of sp³-hybridized carbons (Fsp3) is 0. The first kappa shape index (κ1) is 13.3. The summed E-state index contributed by atoms with van der Waals surface area (Å²) >= 11 is 0. The van der Waals surface area contributed by atoms with E-state index >= 15 is 0 Å². The van der Waals surface area contributed by atoms with Crippen molar-refractivity contribution >= 4 is 5.97 Å². The highest BCUT2D eigenvalue weighted by Crippen LogP contribution is 2.48. The SMILES string of the molecule is O=C(O)c1cc(O)c(O)c(O)c1-c1cccc(O)c1O. The van der Waals surface area contributed by atoms with E-state index in [1.807, 2.05) is 0 Å². The van der Waals surface area contributed by atoms with Crippen LogP contribution in [-0.4, -0.2) is 36.6 Å². The Balaban J connectivity index is 2.89. The average Bonchev–Trinajstić information content (AvgIpc) is 2.39. The smallest absolute Gasteiger partial charge is 0.336 e. The molecule has 0 atom stereocenters. The summed E-state index contributed by atoms with van der Waals surface area (Å²) in [7, 11) is 0. The molecule has 2 aromatic carbocycles. The fourth-order valence-electron chi connectivity index (χ4n) is 1.82. The number of phenols is 5. The number of aromatic carboxylic acids is 1. The second-order valence-corrected chi connectivity index (χ2v) is 3.99. The summed E-state index contributed by atoms with van der Waals surface area (Å²) in [4.78, 5) is 11.2. The van der Waals surface area contributed by atoms with Gasteiger partial charge in [-0.2, -0.15) is 0 Å². The highest BCUT2D eigenvalue weighted by molar-refractivity contribution is 6.01. The van der Waals surface area contributed by atoms with Gasteiger partial charge < -0.3 is 30.6 Å². The minimum atomic E-state index is -1.49. The highest BCUT2D eigenvalue weighted by atomic mass is 16.4. The molecular weight excluding hydrogens is 268 g/mol. The molecule has 7 nitrogen and oxygen atoms in total. The number of para-hydroxylation sites is 1. The van der Waals surface area contributed by atoms with Gasteiger partial charge in [0.2, 0.25) is 5.75 Å². The molecule has 0 spiro atoms. The maximum atomic E-state index is 11.2. The van der Waals surface area contributed by atoms with Crippen molar-refractivity contribution in [2.24, 2.45) is 0 Å². The number of benzene rings is 2. The summed E-state index contributed by atoms with van der Waals surface area (Å²) in [5, 5.41) is 56.9. The van der Waals surface area contributed by atoms with Crippen LogP contribution in [0.3, 0.4) is 0 Å². The molecule has 0 amide bonds. The zero-order valence-corrected chi connectivity index (χ0v) is 9.90. The topological polar surface area (TPSA) is 138 Å². The number of hydrogen-bond donors (Lipinski definition) is 6. The Bertz CT molecular complexity index is 706. The first-order chi connectivity index (χ1) is 9.34. The molecule has 0 saturated heterocycles. The summed E-state index contributed by atoms with van der Waals surface area (Å²) in [5.41, 5.74) is -1.16. The molecule has 7 heteroatoms. The van der Waals surface area contributed by atoms with E-state index in [1.54, 1.807) is 0 Å². The summed E-state index contributed by atoms with van der Waals surface area (Å²) < 4.78 is 0. The molecule has 2 rings (SSSR count). The molecule has 2 aromatic rings. The zero-order chi connectivity index (χ0) is 15.0. The molecule has 0 radical (unpaired) electrons. The Kier molecular flexibility index (Phi) is 3.03. The number of aromatic hydroxyl groups is 5. The first-order valence-electron chi connectivity index (χ1n) is 5.37. The lowest BCUT2D eigenvalue weighted by molar-refractivity contribution is 0.0696. The molecule has 20 heavy (non-hydrogen) atoms. The van der Waals surface area contributed by atoms with Crippen molar-refractivity contribution in [2.45, 2.75) is 0 Å². The summed E-state index contributed by atoms with van der Waals surface area (Å²) in [6.07, 6.45) is 0. The lowest BCUT2D eigenvalue weighted by atomic mass is 9.96. The van der Waals surface area contributed by atoms with Crippen molar-refractivity contribution in [2.75, 3.05) is 0 Å². The second kappa shape index (κ2) is 4.54. The lowest BCUT2D eigenvalue weighted by Gasteiger charge is -2.13. The van der Waals surface area contributed by atoms with E-state index in [9.17, 15) is 30.3 Å². The van der Waals surface area contributed by atoms with Crippen LogP contribution < -0.4 is 0 Å². The van der Waals surface area contributed by atoms with Gasteiger partial charge in [-0.05, 0) is 12.1 Å². The largest absolute Gasteiger partial charge is 0.504 e. The van der Waals surface area contributed by atoms with Crippen LogP contribution in [0.4, 0.5) is 0 Å². The van der Waals surface area contributed by atoms with Crippen molar-refractivity contribution in [1.29, 1.82) is 0 Å². The van der Waals surface area contributed by atoms with Gasteiger partial charge in [0, 0.05) is 11.1 Å². The van der Waals surface area contributed by atoms with Crippen molar-refractivity contribution in [3.8, 4) is 39.9 Å². The number of carbonyl (C=O) groups is 1. The highest BCUT2D eigenvalue weighted by Gasteiger charge is 2.24. The average molecular weight is 278 g/mol. The zero-order valence-electron chi connectivity index (χ0n) is 9.90. The Morgan fingerprint density at radius 2 is 1.50 bits per heavy atom. The Labute approximate surface area is 112 Å². The molecule has 0 heterocycles. The molecule has 0 aliphatic heterocycles. The number of carboxylic acids is 1. The van der Waals surface area contributed by atoms with Crippen LogP contribution in [0, 0.1) is 0 Å².